The van der Waals surface area contributed by atoms with Crippen molar-refractivity contribution in [1.29, 1.82) is 0 Å². The number of piperazine rings is 1. The van der Waals surface area contributed by atoms with Crippen LogP contribution >= 0.6 is 0 Å². The Balaban J connectivity index is 1.76. The number of hydrogen-bond donors (Lipinski definition) is 4. The minimum atomic E-state index is -1.05. The minimum absolute atomic E-state index is 0.0123. The van der Waals surface area contributed by atoms with Gasteiger partial charge < -0.3 is 36.0 Å². The lowest BCUT2D eigenvalue weighted by atomic mass is 9.85. The van der Waals surface area contributed by atoms with Gasteiger partial charge in [0.05, 0.1) is 6.04 Å². The van der Waals surface area contributed by atoms with Crippen molar-refractivity contribution >= 4 is 41.4 Å². The number of nitrogens with zero attached hydrogens (tertiary/aromatic N) is 5. The largest absolute Gasteiger partial charge is 0.346 e. The highest BCUT2D eigenvalue weighted by atomic mass is 16.2. The van der Waals surface area contributed by atoms with E-state index in [1.807, 2.05) is 60.3 Å². The first-order valence-electron chi connectivity index (χ1n) is 18.9. The number of carbonyl (C=O) groups excluding carboxylic acids is 6. The molecule has 2 aliphatic heterocycles. The van der Waals surface area contributed by atoms with E-state index in [4.69, 9.17) is 0 Å². The van der Waals surface area contributed by atoms with Gasteiger partial charge in [-0.3, -0.25) is 24.0 Å². The molecule has 0 bridgehead atoms. The molecule has 4 N–H and O–H groups in total. The van der Waals surface area contributed by atoms with Gasteiger partial charge in [0.15, 0.2) is 0 Å². The molecule has 3 heterocycles. The zero-order valence-electron chi connectivity index (χ0n) is 32.8. The zero-order chi connectivity index (χ0) is 39.5. The molecule has 0 aromatic carbocycles. The Labute approximate surface area is 314 Å². The van der Waals surface area contributed by atoms with Gasteiger partial charge in [-0.05, 0) is 42.1 Å². The summed E-state index contributed by atoms with van der Waals surface area (Å²) in [4.78, 5) is 95.2. The van der Waals surface area contributed by atoms with Crippen LogP contribution in [-0.4, -0.2) is 119 Å². The quantitative estimate of drug-likeness (QED) is 0.146. The Bertz CT molecular complexity index is 1440. The molecular weight excluding hydrogens is 678 g/mol. The molecule has 15 nitrogen and oxygen atoms in total. The van der Waals surface area contributed by atoms with Crippen LogP contribution in [-0.2, 0) is 24.0 Å². The molecule has 3 rings (SSSR count). The van der Waals surface area contributed by atoms with Gasteiger partial charge >= 0.3 is 6.03 Å². The lowest BCUT2D eigenvalue weighted by Crippen LogP contribution is -2.62. The van der Waals surface area contributed by atoms with Crippen molar-refractivity contribution in [2.24, 2.45) is 23.2 Å². The minimum Gasteiger partial charge on any atom is -0.346 e. The Hall–Kier alpha value is -4.56. The van der Waals surface area contributed by atoms with Gasteiger partial charge in [-0.15, -0.1) is 6.58 Å². The molecule has 0 radical (unpaired) electrons. The molecule has 53 heavy (non-hydrogen) atoms. The zero-order valence-corrected chi connectivity index (χ0v) is 32.8. The second kappa shape index (κ2) is 19.5. The van der Waals surface area contributed by atoms with Crippen molar-refractivity contribution in [2.45, 2.75) is 105 Å². The summed E-state index contributed by atoms with van der Waals surface area (Å²) in [6, 6.07) is -2.78. The molecule has 2 fully saturated rings. The average Bonchev–Trinajstić information content (AvgIpc) is 3.59. The third-order valence-electron chi connectivity index (χ3n) is 10.0. The molecule has 1 aromatic rings. The molecular formula is C38H61N9O6. The van der Waals surface area contributed by atoms with Crippen LogP contribution in [0.1, 0.15) is 81.1 Å². The summed E-state index contributed by atoms with van der Waals surface area (Å²) in [7, 11) is 0. The number of carbonyl (C=O) groups is 6. The summed E-state index contributed by atoms with van der Waals surface area (Å²) in [6.07, 6.45) is 6.81. The maximum absolute atomic E-state index is 14.5. The maximum atomic E-state index is 14.5. The van der Waals surface area contributed by atoms with E-state index in [0.717, 1.165) is 6.42 Å². The van der Waals surface area contributed by atoms with Gasteiger partial charge in [0.1, 0.15) is 18.1 Å². The summed E-state index contributed by atoms with van der Waals surface area (Å²) in [5.41, 5.74) is -0.776. The summed E-state index contributed by atoms with van der Waals surface area (Å²) in [5, 5.41) is 11.0. The second-order valence-electron chi connectivity index (χ2n) is 15.8. The van der Waals surface area contributed by atoms with Crippen molar-refractivity contribution < 1.29 is 28.8 Å². The maximum Gasteiger partial charge on any atom is 0.316 e. The number of urea groups is 1. The summed E-state index contributed by atoms with van der Waals surface area (Å²) in [5.74, 6) is -2.25. The monoisotopic (exact) mass is 739 g/mol. The van der Waals surface area contributed by atoms with Crippen molar-refractivity contribution in [3.63, 3.8) is 0 Å². The third-order valence-corrected chi connectivity index (χ3v) is 10.0. The van der Waals surface area contributed by atoms with Crippen LogP contribution in [0, 0.1) is 23.2 Å². The Kier molecular flexibility index (Phi) is 15.8. The molecule has 1 aromatic heterocycles. The number of hydrogen-bond acceptors (Lipinski definition) is 9. The fourth-order valence-corrected chi connectivity index (χ4v) is 6.62. The predicted octanol–water partition coefficient (Wildman–Crippen LogP) is 2.28. The van der Waals surface area contributed by atoms with Gasteiger partial charge in [-0.2, -0.15) is 0 Å². The first-order valence-corrected chi connectivity index (χ1v) is 18.9. The first-order chi connectivity index (χ1) is 25.0. The molecule has 15 heteroatoms. The van der Waals surface area contributed by atoms with E-state index in [1.165, 1.54) is 11.0 Å². The standard InChI is InChI=1S/C38H61N9O6/c1-10-12-14-27(30(48)33(50)39-15-11-2)42-32(49)28-22-26(24(3)4)23-47(28)35(52)31(38(7,8)9)44-37(53)43-29(25(5)6)34(51)45-18-20-46(21-19-45)36-40-16-13-17-41-36/h11,13,16-17,24-29,31H,2,10,12,14-15,18-23H2,1,3-9H3,(H,39,50)(H,42,49)(H2,43,44,53)/t26-,27?,28?,29?,31?/m1/s1. The third kappa shape index (κ3) is 11.7. The molecule has 5 atom stereocenters. The summed E-state index contributed by atoms with van der Waals surface area (Å²) in [6.45, 7) is 21.1. The number of unbranched alkanes of at least 4 members (excludes halogenated alkanes) is 1. The van der Waals surface area contributed by atoms with Gasteiger partial charge in [0, 0.05) is 51.7 Å². The van der Waals surface area contributed by atoms with E-state index in [0.29, 0.717) is 45.0 Å². The highest BCUT2D eigenvalue weighted by molar-refractivity contribution is 6.38. The topological polar surface area (TPSA) is 186 Å². The van der Waals surface area contributed by atoms with Crippen molar-refractivity contribution in [1.82, 2.24) is 41.0 Å². The molecule has 0 aliphatic carbocycles. The van der Waals surface area contributed by atoms with Gasteiger partial charge in [0.2, 0.25) is 29.5 Å². The fraction of sp³-hybridized carbons (Fsp3) is 0.684. The van der Waals surface area contributed by atoms with E-state index < -0.39 is 59.1 Å². The fourth-order valence-electron chi connectivity index (χ4n) is 6.62. The molecule has 2 saturated heterocycles. The van der Waals surface area contributed by atoms with Crippen LogP contribution in [0.4, 0.5) is 10.7 Å². The SMILES string of the molecule is C=CCNC(=O)C(=O)C(CCCC)NC(=O)C1C[C@@H](C(C)C)CN1C(=O)C(NC(=O)NC(C(=O)N1CCN(c2ncccn2)CC1)C(C)C)C(C)(C)C. The van der Waals surface area contributed by atoms with Crippen LogP contribution in [0.2, 0.25) is 0 Å². The van der Waals surface area contributed by atoms with Crippen LogP contribution in [0.3, 0.4) is 0 Å². The van der Waals surface area contributed by atoms with Crippen molar-refractivity contribution in [3.8, 4) is 0 Å². The highest BCUT2D eigenvalue weighted by Crippen LogP contribution is 2.32. The molecule has 2 aliphatic rings. The van der Waals surface area contributed by atoms with Crippen molar-refractivity contribution in [3.05, 3.63) is 31.1 Å². The molecule has 4 unspecified atom stereocenters. The molecule has 0 spiro atoms. The Morgan fingerprint density at radius 3 is 2.13 bits per heavy atom. The number of Topliss-reactive ketones (excluding diaryl/α,β-unsaturated/α-hetero) is 1. The summed E-state index contributed by atoms with van der Waals surface area (Å²) < 4.78 is 0. The number of likely N-dealkylation sites (tertiary alicyclic amines) is 1. The highest BCUT2D eigenvalue weighted by Gasteiger charge is 2.46. The number of rotatable bonds is 16. The van der Waals surface area contributed by atoms with E-state index in [-0.39, 0.29) is 43.2 Å². The first kappa shape index (κ1) is 42.8. The van der Waals surface area contributed by atoms with E-state index >= 15 is 0 Å². The van der Waals surface area contributed by atoms with E-state index in [2.05, 4.69) is 37.8 Å². The van der Waals surface area contributed by atoms with Gasteiger partial charge in [-0.25, -0.2) is 14.8 Å². The Morgan fingerprint density at radius 1 is 0.943 bits per heavy atom. The molecule has 294 valence electrons. The molecule has 0 saturated carbocycles. The second-order valence-corrected chi connectivity index (χ2v) is 15.8. The predicted molar refractivity (Wildman–Crippen MR) is 202 cm³/mol. The number of nitrogens with one attached hydrogen (secondary N) is 4. The van der Waals surface area contributed by atoms with Crippen LogP contribution in [0.15, 0.2) is 31.1 Å². The number of amides is 6. The van der Waals surface area contributed by atoms with Crippen LogP contribution < -0.4 is 26.2 Å². The van der Waals surface area contributed by atoms with E-state index in [9.17, 15) is 28.8 Å². The van der Waals surface area contributed by atoms with E-state index in [1.54, 1.807) is 23.4 Å². The van der Waals surface area contributed by atoms with Crippen LogP contribution in [0.5, 0.6) is 0 Å². The van der Waals surface area contributed by atoms with Crippen LogP contribution in [0.25, 0.3) is 0 Å². The number of aromatic nitrogens is 2. The number of ketones is 1. The van der Waals surface area contributed by atoms with Gasteiger partial charge in [0.25, 0.3) is 5.91 Å². The number of anilines is 1. The van der Waals surface area contributed by atoms with Crippen molar-refractivity contribution in [2.75, 3.05) is 44.2 Å². The lowest BCUT2D eigenvalue weighted by molar-refractivity contribution is -0.143. The smallest absolute Gasteiger partial charge is 0.316 e. The summed E-state index contributed by atoms with van der Waals surface area (Å²) >= 11 is 0. The normalized spacial score (nSPS) is 19.3. The lowest BCUT2D eigenvalue weighted by Gasteiger charge is -2.38. The molecule has 6 amide bonds. The Morgan fingerprint density at radius 2 is 1.58 bits per heavy atom. The van der Waals surface area contributed by atoms with Gasteiger partial charge in [-0.1, -0.05) is 74.3 Å². The average molecular weight is 740 g/mol.